The number of hydrogen-bond donors (Lipinski definition) is 1. The molecule has 0 saturated carbocycles. The smallest absolute Gasteiger partial charge is 0.274 e. The molecule has 1 aliphatic heterocycles. The summed E-state index contributed by atoms with van der Waals surface area (Å²) >= 11 is 1.50. The van der Waals surface area contributed by atoms with Crippen LogP contribution in [0, 0.1) is 0 Å². The Morgan fingerprint density at radius 1 is 1.36 bits per heavy atom. The van der Waals surface area contributed by atoms with Crippen molar-refractivity contribution in [2.24, 2.45) is 0 Å². The minimum Gasteiger partial charge on any atom is -0.354 e. The highest BCUT2D eigenvalue weighted by molar-refractivity contribution is 7.09. The van der Waals surface area contributed by atoms with Gasteiger partial charge in [-0.2, -0.15) is 0 Å². The quantitative estimate of drug-likeness (QED) is 0.915. The monoisotopic (exact) mass is 357 g/mol. The van der Waals surface area contributed by atoms with Crippen molar-refractivity contribution in [2.75, 3.05) is 13.1 Å². The highest BCUT2D eigenvalue weighted by atomic mass is 32.1. The van der Waals surface area contributed by atoms with Gasteiger partial charge < -0.3 is 10.2 Å². The zero-order valence-electron chi connectivity index (χ0n) is 14.6. The SMILES string of the molecule is CC(C)c1nc(C(=O)N2CCCNC(=O)C2Cc2ccccc2)cs1. The lowest BCUT2D eigenvalue weighted by Gasteiger charge is -2.28. The predicted octanol–water partition coefficient (Wildman–Crippen LogP) is 2.84. The van der Waals surface area contributed by atoms with Gasteiger partial charge in [-0.05, 0) is 12.0 Å². The minimum atomic E-state index is -0.499. The van der Waals surface area contributed by atoms with Crippen LogP contribution in [0.5, 0.6) is 0 Å². The lowest BCUT2D eigenvalue weighted by atomic mass is 10.0. The summed E-state index contributed by atoms with van der Waals surface area (Å²) in [6.07, 6.45) is 1.27. The van der Waals surface area contributed by atoms with Crippen molar-refractivity contribution in [3.8, 4) is 0 Å². The molecule has 0 aliphatic carbocycles. The molecule has 5 nitrogen and oxygen atoms in total. The Balaban J connectivity index is 1.86. The Labute approximate surface area is 152 Å². The van der Waals surface area contributed by atoms with Crippen molar-refractivity contribution < 1.29 is 9.59 Å². The molecule has 2 heterocycles. The summed E-state index contributed by atoms with van der Waals surface area (Å²) in [5.74, 6) is 0.0502. The molecule has 1 N–H and O–H groups in total. The first-order valence-electron chi connectivity index (χ1n) is 8.64. The highest BCUT2D eigenvalue weighted by Gasteiger charge is 2.33. The number of thiazole rings is 1. The van der Waals surface area contributed by atoms with E-state index in [2.05, 4.69) is 24.1 Å². The van der Waals surface area contributed by atoms with Gasteiger partial charge in [0.2, 0.25) is 5.91 Å². The normalized spacial score (nSPS) is 18.1. The second kappa shape index (κ2) is 7.78. The zero-order valence-corrected chi connectivity index (χ0v) is 15.4. The van der Waals surface area contributed by atoms with Crippen molar-refractivity contribution in [2.45, 2.75) is 38.6 Å². The Hall–Kier alpha value is -2.21. The molecule has 3 rings (SSSR count). The summed E-state index contributed by atoms with van der Waals surface area (Å²) in [5, 5.41) is 5.68. The fourth-order valence-electron chi connectivity index (χ4n) is 2.96. The van der Waals surface area contributed by atoms with Gasteiger partial charge in [-0.15, -0.1) is 11.3 Å². The third kappa shape index (κ3) is 4.07. The van der Waals surface area contributed by atoms with Crippen LogP contribution in [-0.2, 0) is 11.2 Å². The van der Waals surface area contributed by atoms with Crippen LogP contribution >= 0.6 is 11.3 Å². The van der Waals surface area contributed by atoms with E-state index in [1.165, 1.54) is 11.3 Å². The molecule has 1 aromatic carbocycles. The average molecular weight is 357 g/mol. The molecule has 25 heavy (non-hydrogen) atoms. The van der Waals surface area contributed by atoms with Gasteiger partial charge in [0.15, 0.2) is 0 Å². The van der Waals surface area contributed by atoms with Crippen LogP contribution in [0.25, 0.3) is 0 Å². The average Bonchev–Trinajstić information content (AvgIpc) is 3.04. The van der Waals surface area contributed by atoms with Crippen molar-refractivity contribution in [1.82, 2.24) is 15.2 Å². The molecule has 1 aromatic heterocycles. The van der Waals surface area contributed by atoms with Gasteiger partial charge in [0.1, 0.15) is 11.7 Å². The maximum atomic E-state index is 13.0. The topological polar surface area (TPSA) is 62.3 Å². The van der Waals surface area contributed by atoms with Gasteiger partial charge in [0.05, 0.1) is 5.01 Å². The molecular weight excluding hydrogens is 334 g/mol. The number of aromatic nitrogens is 1. The van der Waals surface area contributed by atoms with Gasteiger partial charge in [0.25, 0.3) is 5.91 Å². The number of nitrogens with one attached hydrogen (secondary N) is 1. The second-order valence-electron chi connectivity index (χ2n) is 6.57. The van der Waals surface area contributed by atoms with Gasteiger partial charge in [-0.1, -0.05) is 44.2 Å². The van der Waals surface area contributed by atoms with Crippen LogP contribution in [0.3, 0.4) is 0 Å². The summed E-state index contributed by atoms with van der Waals surface area (Å²) in [6.45, 7) is 5.28. The zero-order chi connectivity index (χ0) is 17.8. The van der Waals surface area contributed by atoms with Gasteiger partial charge in [0, 0.05) is 30.8 Å². The van der Waals surface area contributed by atoms with Crippen LogP contribution in [0.1, 0.15) is 47.2 Å². The van der Waals surface area contributed by atoms with Crippen LogP contribution in [0.15, 0.2) is 35.7 Å². The van der Waals surface area contributed by atoms with Crippen LogP contribution in [0.4, 0.5) is 0 Å². The minimum absolute atomic E-state index is 0.0889. The lowest BCUT2D eigenvalue weighted by Crippen LogP contribution is -2.48. The van der Waals surface area contributed by atoms with E-state index in [0.717, 1.165) is 17.0 Å². The molecule has 0 radical (unpaired) electrons. The van der Waals surface area contributed by atoms with E-state index < -0.39 is 6.04 Å². The maximum Gasteiger partial charge on any atom is 0.274 e. The number of nitrogens with zero attached hydrogens (tertiary/aromatic N) is 2. The van der Waals surface area contributed by atoms with Crippen LogP contribution < -0.4 is 5.32 Å². The van der Waals surface area contributed by atoms with Crippen molar-refractivity contribution in [3.63, 3.8) is 0 Å². The first kappa shape index (κ1) is 17.6. The van der Waals surface area contributed by atoms with E-state index in [9.17, 15) is 9.59 Å². The lowest BCUT2D eigenvalue weighted by molar-refractivity contribution is -0.124. The summed E-state index contributed by atoms with van der Waals surface area (Å²) in [6, 6.07) is 9.32. The molecule has 1 fully saturated rings. The molecule has 1 aliphatic rings. The largest absolute Gasteiger partial charge is 0.354 e. The molecule has 0 bridgehead atoms. The highest BCUT2D eigenvalue weighted by Crippen LogP contribution is 2.22. The maximum absolute atomic E-state index is 13.0. The fourth-order valence-corrected chi connectivity index (χ4v) is 3.77. The molecule has 1 unspecified atom stereocenters. The van der Waals surface area contributed by atoms with E-state index in [1.54, 1.807) is 10.3 Å². The third-order valence-electron chi connectivity index (χ3n) is 4.32. The summed E-state index contributed by atoms with van der Waals surface area (Å²) in [5.41, 5.74) is 1.49. The summed E-state index contributed by atoms with van der Waals surface area (Å²) in [7, 11) is 0. The van der Waals surface area contributed by atoms with E-state index >= 15 is 0 Å². The van der Waals surface area contributed by atoms with Crippen LogP contribution in [-0.4, -0.2) is 40.8 Å². The Kier molecular flexibility index (Phi) is 5.48. The van der Waals surface area contributed by atoms with E-state index in [4.69, 9.17) is 0 Å². The molecule has 6 heteroatoms. The third-order valence-corrected chi connectivity index (χ3v) is 5.47. The predicted molar refractivity (Wildman–Crippen MR) is 98.8 cm³/mol. The Morgan fingerprint density at radius 3 is 2.80 bits per heavy atom. The number of amides is 2. The van der Waals surface area contributed by atoms with E-state index in [0.29, 0.717) is 31.1 Å². The molecule has 2 amide bonds. The first-order valence-corrected chi connectivity index (χ1v) is 9.52. The standard InChI is InChI=1S/C19H23N3O2S/c1-13(2)18-21-15(12-25-18)19(24)22-10-6-9-20-17(23)16(22)11-14-7-4-3-5-8-14/h3-5,7-8,12-13,16H,6,9-11H2,1-2H3,(H,20,23). The van der Waals surface area contributed by atoms with Gasteiger partial charge >= 0.3 is 0 Å². The number of carbonyl (C=O) groups excluding carboxylic acids is 2. The molecule has 132 valence electrons. The first-order chi connectivity index (χ1) is 12.1. The van der Waals surface area contributed by atoms with E-state index in [1.807, 2.05) is 30.3 Å². The van der Waals surface area contributed by atoms with Gasteiger partial charge in [-0.25, -0.2) is 4.98 Å². The number of rotatable bonds is 4. The molecular formula is C19H23N3O2S. The van der Waals surface area contributed by atoms with Crippen LogP contribution in [0.2, 0.25) is 0 Å². The molecule has 2 aromatic rings. The molecule has 1 saturated heterocycles. The van der Waals surface area contributed by atoms with Gasteiger partial charge in [-0.3, -0.25) is 9.59 Å². The molecule has 1 atom stereocenters. The molecule has 0 spiro atoms. The number of hydrogen-bond acceptors (Lipinski definition) is 4. The van der Waals surface area contributed by atoms with E-state index in [-0.39, 0.29) is 11.8 Å². The van der Waals surface area contributed by atoms with Crippen molar-refractivity contribution >= 4 is 23.2 Å². The Morgan fingerprint density at radius 2 is 2.12 bits per heavy atom. The second-order valence-corrected chi connectivity index (χ2v) is 7.46. The van der Waals surface area contributed by atoms with Crippen molar-refractivity contribution in [1.29, 1.82) is 0 Å². The number of benzene rings is 1. The number of carbonyl (C=O) groups is 2. The Bertz CT molecular complexity index is 742. The van der Waals surface area contributed by atoms with Crippen molar-refractivity contribution in [3.05, 3.63) is 52.0 Å². The fraction of sp³-hybridized carbons (Fsp3) is 0.421. The summed E-state index contributed by atoms with van der Waals surface area (Å²) < 4.78 is 0. The summed E-state index contributed by atoms with van der Waals surface area (Å²) in [4.78, 5) is 31.7.